The Labute approximate surface area is 188 Å². The molecule has 0 bridgehead atoms. The fraction of sp³-hybridized carbons (Fsp3) is 0.0417. The molecule has 0 atom stereocenters. The van der Waals surface area contributed by atoms with E-state index in [-0.39, 0.29) is 24.2 Å². The smallest absolute Gasteiger partial charge is 0.271 e. The third-order valence-corrected chi connectivity index (χ3v) is 6.59. The van der Waals surface area contributed by atoms with Crippen LogP contribution >= 0.6 is 24.0 Å². The first-order chi connectivity index (χ1) is 15.1. The van der Waals surface area contributed by atoms with Crippen LogP contribution in [0.25, 0.3) is 5.57 Å². The highest BCUT2D eigenvalue weighted by Gasteiger charge is 2.42. The summed E-state index contributed by atoms with van der Waals surface area (Å²) in [5, 5.41) is 0. The molecule has 0 saturated carbocycles. The maximum atomic E-state index is 14.3. The van der Waals surface area contributed by atoms with Gasteiger partial charge in [-0.2, -0.15) is 0 Å². The molecule has 0 aliphatic carbocycles. The number of carbonyl (C=O) groups excluding carboxylic acids is 2. The van der Waals surface area contributed by atoms with E-state index in [2.05, 4.69) is 0 Å². The van der Waals surface area contributed by atoms with E-state index in [0.717, 1.165) is 11.8 Å². The molecule has 2 amide bonds. The standard InChI is InChI=1S/C24H15FN2O2S2/c25-18-12-6-4-8-15(18)14-26-19-13-7-5-11-17(19)20(22(26)28)21-23(29)27(24(30)31-21)16-9-2-1-3-10-16/h1-13H,14H2. The molecule has 2 aliphatic heterocycles. The van der Waals surface area contributed by atoms with Gasteiger partial charge in [0.2, 0.25) is 0 Å². The topological polar surface area (TPSA) is 40.6 Å². The van der Waals surface area contributed by atoms with Gasteiger partial charge in [-0.15, -0.1) is 0 Å². The second kappa shape index (κ2) is 7.76. The number of thioether (sulfide) groups is 1. The maximum absolute atomic E-state index is 14.3. The van der Waals surface area contributed by atoms with Crippen molar-refractivity contribution in [3.05, 3.63) is 101 Å². The minimum absolute atomic E-state index is 0.0744. The van der Waals surface area contributed by atoms with E-state index < -0.39 is 0 Å². The van der Waals surface area contributed by atoms with E-state index in [0.29, 0.717) is 37.3 Å². The Balaban J connectivity index is 1.59. The van der Waals surface area contributed by atoms with Gasteiger partial charge in [0.15, 0.2) is 4.32 Å². The lowest BCUT2D eigenvalue weighted by atomic mass is 10.1. The minimum atomic E-state index is -0.378. The van der Waals surface area contributed by atoms with Crippen LogP contribution in [0.3, 0.4) is 0 Å². The molecule has 0 radical (unpaired) electrons. The normalized spacial score (nSPS) is 18.2. The van der Waals surface area contributed by atoms with Crippen molar-refractivity contribution in [2.75, 3.05) is 9.80 Å². The van der Waals surface area contributed by atoms with Crippen molar-refractivity contribution in [2.45, 2.75) is 6.54 Å². The Kier molecular flexibility index (Phi) is 4.92. The monoisotopic (exact) mass is 446 g/mol. The summed E-state index contributed by atoms with van der Waals surface area (Å²) in [6.45, 7) is 0.0744. The number of para-hydroxylation sites is 2. The third kappa shape index (κ3) is 3.26. The lowest BCUT2D eigenvalue weighted by Crippen LogP contribution is -2.29. The minimum Gasteiger partial charge on any atom is -0.303 e. The average molecular weight is 447 g/mol. The van der Waals surface area contributed by atoms with Gasteiger partial charge in [-0.25, -0.2) is 4.39 Å². The summed E-state index contributed by atoms with van der Waals surface area (Å²) in [6.07, 6.45) is 0. The van der Waals surface area contributed by atoms with Crippen LogP contribution in [0, 0.1) is 5.82 Å². The molecule has 4 nitrogen and oxygen atoms in total. The molecule has 0 N–H and O–H groups in total. The predicted octanol–water partition coefficient (Wildman–Crippen LogP) is 5.15. The molecule has 7 heteroatoms. The Bertz CT molecular complexity index is 1270. The molecular weight excluding hydrogens is 431 g/mol. The largest absolute Gasteiger partial charge is 0.303 e. The molecule has 31 heavy (non-hydrogen) atoms. The number of fused-ring (bicyclic) bond motifs is 1. The second-order valence-electron chi connectivity index (χ2n) is 7.05. The lowest BCUT2D eigenvalue weighted by Gasteiger charge is -2.17. The van der Waals surface area contributed by atoms with Gasteiger partial charge in [-0.3, -0.25) is 14.5 Å². The number of carbonyl (C=O) groups is 2. The van der Waals surface area contributed by atoms with Gasteiger partial charge < -0.3 is 4.90 Å². The molecule has 2 aliphatic rings. The molecule has 0 unspecified atom stereocenters. The molecule has 0 aromatic heterocycles. The van der Waals surface area contributed by atoms with Crippen molar-refractivity contribution in [3.8, 4) is 0 Å². The Morgan fingerprint density at radius 1 is 0.839 bits per heavy atom. The SMILES string of the molecule is O=C1C(=C2SC(=S)N(c3ccccc3)C2=O)c2ccccc2N1Cc1ccccc1F. The molecule has 1 fully saturated rings. The molecule has 152 valence electrons. The van der Waals surface area contributed by atoms with Gasteiger partial charge in [0.05, 0.1) is 28.4 Å². The maximum Gasteiger partial charge on any atom is 0.271 e. The number of rotatable bonds is 3. The average Bonchev–Trinajstić information content (AvgIpc) is 3.22. The van der Waals surface area contributed by atoms with Crippen LogP contribution in [0.4, 0.5) is 15.8 Å². The van der Waals surface area contributed by atoms with Crippen LogP contribution in [0.1, 0.15) is 11.1 Å². The van der Waals surface area contributed by atoms with E-state index in [1.165, 1.54) is 15.9 Å². The second-order valence-corrected chi connectivity index (χ2v) is 8.69. The Hall–Kier alpha value is -3.29. The van der Waals surface area contributed by atoms with E-state index in [1.54, 1.807) is 42.5 Å². The van der Waals surface area contributed by atoms with E-state index in [1.807, 2.05) is 30.3 Å². The summed E-state index contributed by atoms with van der Waals surface area (Å²) in [7, 11) is 0. The first kappa shape index (κ1) is 19.7. The zero-order valence-corrected chi connectivity index (χ0v) is 17.8. The molecule has 3 aromatic carbocycles. The summed E-state index contributed by atoms with van der Waals surface area (Å²) in [5.74, 6) is -1.04. The van der Waals surface area contributed by atoms with E-state index in [4.69, 9.17) is 12.2 Å². The molecule has 2 heterocycles. The molecule has 1 saturated heterocycles. The van der Waals surface area contributed by atoms with Crippen molar-refractivity contribution in [1.29, 1.82) is 0 Å². The zero-order chi connectivity index (χ0) is 21.5. The number of hydrogen-bond donors (Lipinski definition) is 0. The summed E-state index contributed by atoms with van der Waals surface area (Å²) in [6, 6.07) is 22.7. The van der Waals surface area contributed by atoms with Crippen LogP contribution in [0.5, 0.6) is 0 Å². The lowest BCUT2D eigenvalue weighted by molar-refractivity contribution is -0.115. The van der Waals surface area contributed by atoms with Crippen LogP contribution < -0.4 is 9.80 Å². The Morgan fingerprint density at radius 3 is 2.29 bits per heavy atom. The highest BCUT2D eigenvalue weighted by Crippen LogP contribution is 2.45. The molecule has 5 rings (SSSR count). The van der Waals surface area contributed by atoms with E-state index >= 15 is 0 Å². The van der Waals surface area contributed by atoms with Gasteiger partial charge in [-0.1, -0.05) is 78.6 Å². The van der Waals surface area contributed by atoms with Crippen LogP contribution in [-0.2, 0) is 16.1 Å². The van der Waals surface area contributed by atoms with Crippen molar-refractivity contribution in [2.24, 2.45) is 0 Å². The fourth-order valence-corrected chi connectivity index (χ4v) is 5.14. The van der Waals surface area contributed by atoms with Crippen molar-refractivity contribution in [3.63, 3.8) is 0 Å². The van der Waals surface area contributed by atoms with Crippen molar-refractivity contribution < 1.29 is 14.0 Å². The van der Waals surface area contributed by atoms with Gasteiger partial charge in [0.25, 0.3) is 11.8 Å². The molecular formula is C24H15FN2O2S2. The van der Waals surface area contributed by atoms with Gasteiger partial charge >= 0.3 is 0 Å². The zero-order valence-electron chi connectivity index (χ0n) is 16.1. The predicted molar refractivity (Wildman–Crippen MR) is 125 cm³/mol. The number of halogens is 1. The van der Waals surface area contributed by atoms with Crippen molar-refractivity contribution in [1.82, 2.24) is 0 Å². The number of nitrogens with zero attached hydrogens (tertiary/aromatic N) is 2. The van der Waals surface area contributed by atoms with Gasteiger partial charge in [0.1, 0.15) is 5.82 Å². The summed E-state index contributed by atoms with van der Waals surface area (Å²) < 4.78 is 14.6. The summed E-state index contributed by atoms with van der Waals surface area (Å²) >= 11 is 6.58. The number of amides is 2. The van der Waals surface area contributed by atoms with E-state index in [9.17, 15) is 14.0 Å². The highest BCUT2D eigenvalue weighted by atomic mass is 32.2. The van der Waals surface area contributed by atoms with Gasteiger partial charge in [0, 0.05) is 11.1 Å². The number of hydrogen-bond acceptors (Lipinski definition) is 4. The molecule has 3 aromatic rings. The first-order valence-electron chi connectivity index (χ1n) is 9.56. The first-order valence-corrected chi connectivity index (χ1v) is 10.8. The quantitative estimate of drug-likeness (QED) is 0.412. The number of anilines is 2. The van der Waals surface area contributed by atoms with Crippen LogP contribution in [0.2, 0.25) is 0 Å². The number of benzene rings is 3. The molecule has 0 spiro atoms. The van der Waals surface area contributed by atoms with Crippen LogP contribution in [0.15, 0.2) is 83.8 Å². The fourth-order valence-electron chi connectivity index (χ4n) is 3.77. The highest BCUT2D eigenvalue weighted by molar-refractivity contribution is 8.27. The summed E-state index contributed by atoms with van der Waals surface area (Å²) in [4.78, 5) is 30.0. The van der Waals surface area contributed by atoms with Crippen molar-refractivity contribution >= 4 is 57.1 Å². The summed E-state index contributed by atoms with van der Waals surface area (Å²) in [5.41, 5.74) is 2.67. The third-order valence-electron chi connectivity index (χ3n) is 5.22. The Morgan fingerprint density at radius 2 is 1.52 bits per heavy atom. The van der Waals surface area contributed by atoms with Gasteiger partial charge in [-0.05, 0) is 24.3 Å². The van der Waals surface area contributed by atoms with Crippen LogP contribution in [-0.4, -0.2) is 16.1 Å². The number of thiocarbonyl (C=S) groups is 1.